The summed E-state index contributed by atoms with van der Waals surface area (Å²) in [6, 6.07) is 0.440. The lowest BCUT2D eigenvalue weighted by Gasteiger charge is -2.35. The monoisotopic (exact) mass is 347 g/mol. The number of amides is 1. The molecule has 0 bridgehead atoms. The molecule has 1 unspecified atom stereocenters. The molecular formula is C19H33N5O. The van der Waals surface area contributed by atoms with E-state index in [1.165, 1.54) is 32.1 Å². The molecule has 1 aliphatic heterocycles. The molecule has 0 radical (unpaired) electrons. The van der Waals surface area contributed by atoms with Crippen LogP contribution in [0.5, 0.6) is 0 Å². The third kappa shape index (κ3) is 4.42. The van der Waals surface area contributed by atoms with Gasteiger partial charge in [0.15, 0.2) is 0 Å². The molecule has 2 fully saturated rings. The minimum Gasteiger partial charge on any atom is -0.354 e. The van der Waals surface area contributed by atoms with Crippen molar-refractivity contribution in [1.29, 1.82) is 0 Å². The highest BCUT2D eigenvalue weighted by Gasteiger charge is 2.35. The summed E-state index contributed by atoms with van der Waals surface area (Å²) in [6.07, 6.45) is 10.5. The van der Waals surface area contributed by atoms with Gasteiger partial charge in [0.2, 0.25) is 5.91 Å². The molecule has 3 atom stereocenters. The van der Waals surface area contributed by atoms with Crippen molar-refractivity contribution < 1.29 is 4.79 Å². The summed E-state index contributed by atoms with van der Waals surface area (Å²) in [5.41, 5.74) is 1.16. The second-order valence-electron chi connectivity index (χ2n) is 7.99. The van der Waals surface area contributed by atoms with Gasteiger partial charge in [-0.3, -0.25) is 9.48 Å². The molecule has 2 aliphatic rings. The van der Waals surface area contributed by atoms with Crippen molar-refractivity contribution in [2.24, 2.45) is 18.9 Å². The summed E-state index contributed by atoms with van der Waals surface area (Å²) >= 11 is 0. The Labute approximate surface area is 151 Å². The first-order valence-electron chi connectivity index (χ1n) is 9.69. The van der Waals surface area contributed by atoms with Crippen LogP contribution < -0.4 is 10.6 Å². The van der Waals surface area contributed by atoms with E-state index in [0.717, 1.165) is 25.2 Å². The molecule has 1 saturated heterocycles. The number of aromatic nitrogens is 2. The molecule has 2 N–H and O–H groups in total. The van der Waals surface area contributed by atoms with Crippen molar-refractivity contribution in [2.75, 3.05) is 33.7 Å². The van der Waals surface area contributed by atoms with Crippen molar-refractivity contribution in [3.8, 4) is 0 Å². The van der Waals surface area contributed by atoms with Crippen LogP contribution in [0.25, 0.3) is 0 Å². The average Bonchev–Trinajstić information content (AvgIpc) is 3.24. The van der Waals surface area contributed by atoms with E-state index in [1.807, 2.05) is 24.1 Å². The van der Waals surface area contributed by atoms with Crippen LogP contribution in [0.3, 0.4) is 0 Å². The van der Waals surface area contributed by atoms with E-state index in [4.69, 9.17) is 0 Å². The Hall–Kier alpha value is -1.40. The lowest BCUT2D eigenvalue weighted by atomic mass is 9.83. The zero-order valence-electron chi connectivity index (χ0n) is 15.9. The van der Waals surface area contributed by atoms with Crippen molar-refractivity contribution in [1.82, 2.24) is 25.3 Å². The first-order chi connectivity index (χ1) is 12.1. The smallest absolute Gasteiger partial charge is 0.225 e. The van der Waals surface area contributed by atoms with Crippen LogP contribution in [0.4, 0.5) is 0 Å². The van der Waals surface area contributed by atoms with Crippen LogP contribution in [0.15, 0.2) is 12.4 Å². The van der Waals surface area contributed by atoms with E-state index in [2.05, 4.69) is 34.7 Å². The summed E-state index contributed by atoms with van der Waals surface area (Å²) in [6.45, 7) is 2.36. The molecule has 6 nitrogen and oxygen atoms in total. The van der Waals surface area contributed by atoms with E-state index in [0.29, 0.717) is 12.0 Å². The number of nitrogens with zero attached hydrogens (tertiary/aromatic N) is 3. The highest BCUT2D eigenvalue weighted by molar-refractivity contribution is 5.80. The number of rotatable bonds is 6. The van der Waals surface area contributed by atoms with Gasteiger partial charge in [-0.25, -0.2) is 0 Å². The van der Waals surface area contributed by atoms with Gasteiger partial charge in [0.25, 0.3) is 0 Å². The van der Waals surface area contributed by atoms with Crippen LogP contribution in [0.1, 0.15) is 43.6 Å². The van der Waals surface area contributed by atoms with Crippen LogP contribution in [0.2, 0.25) is 0 Å². The molecule has 1 aromatic heterocycles. The molecular weight excluding hydrogens is 314 g/mol. The summed E-state index contributed by atoms with van der Waals surface area (Å²) < 4.78 is 1.81. The van der Waals surface area contributed by atoms with Gasteiger partial charge in [-0.15, -0.1) is 0 Å². The summed E-state index contributed by atoms with van der Waals surface area (Å²) in [4.78, 5) is 15.1. The molecule has 1 saturated carbocycles. The molecule has 3 rings (SSSR count). The van der Waals surface area contributed by atoms with Crippen LogP contribution in [0, 0.1) is 11.8 Å². The van der Waals surface area contributed by atoms with E-state index in [1.54, 1.807) is 0 Å². The van der Waals surface area contributed by atoms with Crippen LogP contribution in [-0.4, -0.2) is 60.4 Å². The maximum absolute atomic E-state index is 12.8. The Balaban J connectivity index is 1.58. The van der Waals surface area contributed by atoms with E-state index < -0.39 is 0 Å². The molecule has 1 amide bonds. The number of likely N-dealkylation sites (N-methyl/N-ethyl adjacent to an activating group) is 1. The molecule has 6 heteroatoms. The number of carbonyl (C=O) groups excluding carboxylic acids is 1. The first kappa shape index (κ1) is 18.4. The number of hydrogen-bond acceptors (Lipinski definition) is 4. The molecule has 25 heavy (non-hydrogen) atoms. The predicted octanol–water partition coefficient (Wildman–Crippen LogP) is 1.35. The lowest BCUT2D eigenvalue weighted by molar-refractivity contribution is -0.125. The highest BCUT2D eigenvalue weighted by Crippen LogP contribution is 2.29. The Bertz CT molecular complexity index is 564. The molecule has 2 heterocycles. The standard InChI is InChI=1S/C19H33N5O/c1-23(2)18(14-7-5-4-6-8-14)12-21-19(25)17-11-20-10-16(17)15-9-22-24(3)13-15/h9,13-14,16-18,20H,4-8,10-12H2,1-3H3,(H,21,25)/t16-,17+,18?/m1/s1. The molecule has 1 aromatic rings. The van der Waals surface area contributed by atoms with Gasteiger partial charge in [0.05, 0.1) is 12.1 Å². The Morgan fingerprint density at radius 3 is 2.76 bits per heavy atom. The number of aryl methyl sites for hydroxylation is 1. The topological polar surface area (TPSA) is 62.2 Å². The summed E-state index contributed by atoms with van der Waals surface area (Å²) in [7, 11) is 6.20. The van der Waals surface area contributed by atoms with Gasteiger partial charge < -0.3 is 15.5 Å². The second-order valence-corrected chi connectivity index (χ2v) is 7.99. The molecule has 1 aliphatic carbocycles. The fourth-order valence-corrected chi connectivity index (χ4v) is 4.56. The zero-order chi connectivity index (χ0) is 17.8. The maximum atomic E-state index is 12.8. The molecule has 0 aromatic carbocycles. The third-order valence-corrected chi connectivity index (χ3v) is 6.05. The SMILES string of the molecule is CN(C)C(CNC(=O)[C@H]1CNC[C@@H]1c1cnn(C)c1)C1CCCCC1. The Kier molecular flexibility index (Phi) is 6.12. The van der Waals surface area contributed by atoms with Crippen molar-refractivity contribution in [2.45, 2.75) is 44.1 Å². The minimum absolute atomic E-state index is 0.00151. The summed E-state index contributed by atoms with van der Waals surface area (Å²) in [5.74, 6) is 1.11. The first-order valence-corrected chi connectivity index (χ1v) is 9.69. The zero-order valence-corrected chi connectivity index (χ0v) is 15.9. The van der Waals surface area contributed by atoms with Gasteiger partial charge in [-0.2, -0.15) is 5.10 Å². The van der Waals surface area contributed by atoms with Crippen LogP contribution in [-0.2, 0) is 11.8 Å². The van der Waals surface area contributed by atoms with Crippen LogP contribution >= 0.6 is 0 Å². The van der Waals surface area contributed by atoms with Crippen molar-refractivity contribution in [3.05, 3.63) is 18.0 Å². The minimum atomic E-state index is -0.00151. The molecule has 140 valence electrons. The third-order valence-electron chi connectivity index (χ3n) is 6.05. The predicted molar refractivity (Wildman–Crippen MR) is 99.4 cm³/mol. The van der Waals surface area contributed by atoms with E-state index in [9.17, 15) is 4.79 Å². The fourth-order valence-electron chi connectivity index (χ4n) is 4.56. The van der Waals surface area contributed by atoms with Gasteiger partial charge in [0, 0.05) is 44.8 Å². The maximum Gasteiger partial charge on any atom is 0.225 e. The van der Waals surface area contributed by atoms with Crippen molar-refractivity contribution >= 4 is 5.91 Å². The van der Waals surface area contributed by atoms with Crippen molar-refractivity contribution in [3.63, 3.8) is 0 Å². The lowest BCUT2D eigenvalue weighted by Crippen LogP contribution is -2.47. The van der Waals surface area contributed by atoms with Gasteiger partial charge in [0.1, 0.15) is 0 Å². The van der Waals surface area contributed by atoms with E-state index in [-0.39, 0.29) is 17.7 Å². The average molecular weight is 348 g/mol. The fraction of sp³-hybridized carbons (Fsp3) is 0.789. The second kappa shape index (κ2) is 8.32. The Morgan fingerprint density at radius 2 is 2.12 bits per heavy atom. The van der Waals surface area contributed by atoms with Gasteiger partial charge in [-0.1, -0.05) is 19.3 Å². The Morgan fingerprint density at radius 1 is 1.36 bits per heavy atom. The normalized spacial score (nSPS) is 26.1. The van der Waals surface area contributed by atoms with Gasteiger partial charge >= 0.3 is 0 Å². The van der Waals surface area contributed by atoms with Gasteiger partial charge in [-0.05, 0) is 38.4 Å². The summed E-state index contributed by atoms with van der Waals surface area (Å²) in [5, 5.41) is 10.9. The number of hydrogen-bond donors (Lipinski definition) is 2. The molecule has 0 spiro atoms. The highest BCUT2D eigenvalue weighted by atomic mass is 16.1. The number of nitrogens with one attached hydrogen (secondary N) is 2. The van der Waals surface area contributed by atoms with E-state index >= 15 is 0 Å². The quantitative estimate of drug-likeness (QED) is 0.815. The number of carbonyl (C=O) groups is 1. The largest absolute Gasteiger partial charge is 0.354 e.